The second-order valence-electron chi connectivity index (χ2n) is 5.44. The molecule has 1 aromatic heterocycles. The van der Waals surface area contributed by atoms with E-state index in [1.165, 1.54) is 11.3 Å². The molecule has 0 aliphatic heterocycles. The van der Waals surface area contributed by atoms with Crippen LogP contribution in [0.1, 0.15) is 34.6 Å². The van der Waals surface area contributed by atoms with E-state index in [-0.39, 0.29) is 12.5 Å². The molecule has 3 aromatic rings. The Hall–Kier alpha value is -2.31. The lowest BCUT2D eigenvalue weighted by Gasteiger charge is -2.08. The summed E-state index contributed by atoms with van der Waals surface area (Å²) >= 11 is 3.06. The zero-order valence-corrected chi connectivity index (χ0v) is 16.2. The number of amides is 1. The zero-order valence-electron chi connectivity index (χ0n) is 14.6. The highest BCUT2D eigenvalue weighted by molar-refractivity contribution is 7.99. The molecule has 0 saturated carbocycles. The molecular weight excluding hydrogens is 366 g/mol. The van der Waals surface area contributed by atoms with Crippen molar-refractivity contribution >= 4 is 50.1 Å². The second kappa shape index (κ2) is 8.38. The van der Waals surface area contributed by atoms with Crippen molar-refractivity contribution < 1.29 is 14.3 Å². The van der Waals surface area contributed by atoms with Crippen molar-refractivity contribution in [3.05, 3.63) is 59.7 Å². The zero-order chi connectivity index (χ0) is 18.5. The van der Waals surface area contributed by atoms with Gasteiger partial charge in [-0.25, -0.2) is 4.79 Å². The molecule has 0 unspecified atom stereocenters. The first-order valence-corrected chi connectivity index (χ1v) is 10.2. The summed E-state index contributed by atoms with van der Waals surface area (Å²) in [5.41, 5.74) is 0.982. The van der Waals surface area contributed by atoms with Crippen molar-refractivity contribution in [2.24, 2.45) is 0 Å². The lowest BCUT2D eigenvalue weighted by molar-refractivity contribution is 0.0530. The van der Waals surface area contributed by atoms with Crippen LogP contribution in [0.3, 0.4) is 0 Å². The maximum atomic E-state index is 12.7. The molecule has 0 radical (unpaired) electrons. The number of benzene rings is 2. The van der Waals surface area contributed by atoms with Crippen LogP contribution in [0, 0.1) is 0 Å². The van der Waals surface area contributed by atoms with E-state index in [9.17, 15) is 9.59 Å². The molecule has 0 atom stereocenters. The van der Waals surface area contributed by atoms with Gasteiger partial charge in [-0.1, -0.05) is 31.2 Å². The van der Waals surface area contributed by atoms with Crippen LogP contribution < -0.4 is 5.32 Å². The molecule has 0 spiro atoms. The van der Waals surface area contributed by atoms with E-state index < -0.39 is 5.97 Å². The number of nitrogens with one attached hydrogen (secondary N) is 1. The number of carbonyl (C=O) groups is 2. The Kier molecular flexibility index (Phi) is 5.96. The van der Waals surface area contributed by atoms with Crippen molar-refractivity contribution in [3.8, 4) is 0 Å². The summed E-state index contributed by atoms with van der Waals surface area (Å²) < 4.78 is 6.12. The van der Waals surface area contributed by atoms with Gasteiger partial charge >= 0.3 is 5.97 Å². The Bertz CT molecular complexity index is 949. The normalized spacial score (nSPS) is 10.7. The van der Waals surface area contributed by atoms with Crippen LogP contribution in [-0.4, -0.2) is 24.2 Å². The maximum absolute atomic E-state index is 12.7. The number of rotatable bonds is 6. The fourth-order valence-corrected chi connectivity index (χ4v) is 4.41. The van der Waals surface area contributed by atoms with Gasteiger partial charge in [0.05, 0.1) is 6.61 Å². The van der Waals surface area contributed by atoms with E-state index >= 15 is 0 Å². The van der Waals surface area contributed by atoms with Gasteiger partial charge in [-0.3, -0.25) is 4.79 Å². The average molecular weight is 386 g/mol. The van der Waals surface area contributed by atoms with Gasteiger partial charge in [0.25, 0.3) is 5.91 Å². The molecule has 3 rings (SSSR count). The highest BCUT2D eigenvalue weighted by Gasteiger charge is 2.22. The average Bonchev–Trinajstić information content (AvgIpc) is 3.00. The molecule has 1 amide bonds. The Balaban J connectivity index is 1.95. The van der Waals surface area contributed by atoms with E-state index in [4.69, 9.17) is 4.74 Å². The van der Waals surface area contributed by atoms with E-state index in [1.54, 1.807) is 24.8 Å². The van der Waals surface area contributed by atoms with Crippen molar-refractivity contribution in [2.75, 3.05) is 17.7 Å². The van der Waals surface area contributed by atoms with Crippen LogP contribution in [0.5, 0.6) is 0 Å². The number of fused-ring (bicyclic) bond motifs is 1. The van der Waals surface area contributed by atoms with Crippen LogP contribution in [0.25, 0.3) is 10.1 Å². The number of hydrogen-bond acceptors (Lipinski definition) is 5. The minimum absolute atomic E-state index is 0.236. The predicted octanol–water partition coefficient (Wildman–Crippen LogP) is 5.44. The predicted molar refractivity (Wildman–Crippen MR) is 109 cm³/mol. The first-order valence-electron chi connectivity index (χ1n) is 8.37. The van der Waals surface area contributed by atoms with Crippen molar-refractivity contribution in [3.63, 3.8) is 0 Å². The van der Waals surface area contributed by atoms with Crippen LogP contribution in [0.15, 0.2) is 53.4 Å². The third kappa shape index (κ3) is 3.92. The summed E-state index contributed by atoms with van der Waals surface area (Å²) in [4.78, 5) is 26.2. The largest absolute Gasteiger partial charge is 0.462 e. The molecule has 4 nitrogen and oxygen atoms in total. The van der Waals surface area contributed by atoms with Crippen LogP contribution in [0.2, 0.25) is 0 Å². The summed E-state index contributed by atoms with van der Waals surface area (Å²) in [6.45, 7) is 4.12. The Morgan fingerprint density at radius 1 is 1.12 bits per heavy atom. The van der Waals surface area contributed by atoms with E-state index in [0.717, 1.165) is 20.7 Å². The van der Waals surface area contributed by atoms with Gasteiger partial charge in [0.2, 0.25) is 0 Å². The first-order chi connectivity index (χ1) is 12.6. The lowest BCUT2D eigenvalue weighted by atomic mass is 10.1. The number of ether oxygens (including phenoxy) is 1. The Morgan fingerprint density at radius 3 is 2.69 bits per heavy atom. The van der Waals surface area contributed by atoms with Gasteiger partial charge in [-0.05, 0) is 36.9 Å². The monoisotopic (exact) mass is 385 g/mol. The highest BCUT2D eigenvalue weighted by atomic mass is 32.2. The number of hydrogen-bond donors (Lipinski definition) is 1. The summed E-state index contributed by atoms with van der Waals surface area (Å²) in [5, 5.41) is 4.20. The molecule has 0 bridgehead atoms. The first kappa shape index (κ1) is 18.5. The van der Waals surface area contributed by atoms with E-state index in [0.29, 0.717) is 16.1 Å². The number of thiophene rings is 1. The fraction of sp³-hybridized carbons (Fsp3) is 0.200. The van der Waals surface area contributed by atoms with Crippen molar-refractivity contribution in [1.82, 2.24) is 0 Å². The van der Waals surface area contributed by atoms with E-state index in [1.807, 2.05) is 42.5 Å². The lowest BCUT2D eigenvalue weighted by Crippen LogP contribution is -2.14. The fourth-order valence-electron chi connectivity index (χ4n) is 2.61. The quantitative estimate of drug-likeness (QED) is 0.453. The van der Waals surface area contributed by atoms with Crippen LogP contribution in [0.4, 0.5) is 5.00 Å². The number of thioether (sulfide) groups is 1. The third-order valence-corrected chi connectivity index (χ3v) is 5.67. The molecule has 1 N–H and O–H groups in total. The molecular formula is C20H19NO3S2. The third-order valence-electron chi connectivity index (χ3n) is 3.71. The molecule has 2 aromatic carbocycles. The molecule has 26 heavy (non-hydrogen) atoms. The van der Waals surface area contributed by atoms with Crippen molar-refractivity contribution in [1.29, 1.82) is 0 Å². The molecule has 0 aliphatic rings. The van der Waals surface area contributed by atoms with Gasteiger partial charge in [0.15, 0.2) is 0 Å². The summed E-state index contributed by atoms with van der Waals surface area (Å²) in [5.74, 6) is 0.283. The smallest absolute Gasteiger partial charge is 0.341 e. The Morgan fingerprint density at radius 2 is 1.92 bits per heavy atom. The van der Waals surface area contributed by atoms with Gasteiger partial charge in [0.1, 0.15) is 10.6 Å². The SMILES string of the molecule is CCOC(=O)c1c(NC(=O)c2cccc(SCC)c2)sc2ccccc12. The van der Waals surface area contributed by atoms with Gasteiger partial charge in [-0.2, -0.15) is 0 Å². The molecule has 134 valence electrons. The Labute approximate surface area is 160 Å². The number of carbonyl (C=O) groups excluding carboxylic acids is 2. The molecule has 0 fully saturated rings. The standard InChI is InChI=1S/C20H19NO3S2/c1-3-24-20(23)17-15-10-5-6-11-16(15)26-19(17)21-18(22)13-8-7-9-14(12-13)25-4-2/h5-12H,3-4H2,1-2H3,(H,21,22). The summed E-state index contributed by atoms with van der Waals surface area (Å²) in [7, 11) is 0. The van der Waals surface area contributed by atoms with Gasteiger partial charge < -0.3 is 10.1 Å². The number of anilines is 1. The van der Waals surface area contributed by atoms with Crippen LogP contribution >= 0.6 is 23.1 Å². The minimum Gasteiger partial charge on any atom is -0.462 e. The topological polar surface area (TPSA) is 55.4 Å². The molecule has 6 heteroatoms. The molecule has 0 aliphatic carbocycles. The highest BCUT2D eigenvalue weighted by Crippen LogP contribution is 2.36. The van der Waals surface area contributed by atoms with Gasteiger partial charge in [0, 0.05) is 20.5 Å². The molecule has 1 heterocycles. The number of esters is 1. The van der Waals surface area contributed by atoms with Gasteiger partial charge in [-0.15, -0.1) is 23.1 Å². The maximum Gasteiger partial charge on any atom is 0.341 e. The summed E-state index contributed by atoms with van der Waals surface area (Å²) in [6, 6.07) is 15.1. The van der Waals surface area contributed by atoms with E-state index in [2.05, 4.69) is 12.2 Å². The van der Waals surface area contributed by atoms with Crippen molar-refractivity contribution in [2.45, 2.75) is 18.7 Å². The molecule has 0 saturated heterocycles. The minimum atomic E-state index is -0.421. The van der Waals surface area contributed by atoms with Crippen LogP contribution in [-0.2, 0) is 4.74 Å². The second-order valence-corrected chi connectivity index (χ2v) is 7.83. The summed E-state index contributed by atoms with van der Waals surface area (Å²) in [6.07, 6.45) is 0.